The first kappa shape index (κ1) is 10.9. The van der Waals surface area contributed by atoms with E-state index >= 15 is 0 Å². The molecule has 0 aromatic carbocycles. The van der Waals surface area contributed by atoms with Gasteiger partial charge in [-0.15, -0.1) is 0 Å². The number of aliphatic hydroxyl groups is 1. The number of aromatic nitrogens is 1. The Morgan fingerprint density at radius 3 is 3.00 bits per heavy atom. The van der Waals surface area contributed by atoms with Gasteiger partial charge in [0.05, 0.1) is 18.8 Å². The second kappa shape index (κ2) is 4.47. The standard InChI is InChI=1S/C10H13BrN2O2/c11-8-1-2-9(12-5-8)13-10(6-14)3-4-15-7-10/h1-2,5,14H,3-4,6-7H2,(H,12,13). The average molecular weight is 273 g/mol. The number of nitrogens with one attached hydrogen (secondary N) is 1. The molecule has 82 valence electrons. The SMILES string of the molecule is OCC1(Nc2ccc(Br)cn2)CCOC1. The van der Waals surface area contributed by atoms with Crippen LogP contribution in [0.15, 0.2) is 22.8 Å². The van der Waals surface area contributed by atoms with Crippen molar-refractivity contribution < 1.29 is 9.84 Å². The van der Waals surface area contributed by atoms with Crippen LogP contribution in [0.2, 0.25) is 0 Å². The summed E-state index contributed by atoms with van der Waals surface area (Å²) in [5.74, 6) is 0.762. The number of ether oxygens (including phenoxy) is 1. The highest BCUT2D eigenvalue weighted by Gasteiger charge is 2.34. The molecule has 0 saturated carbocycles. The summed E-state index contributed by atoms with van der Waals surface area (Å²) in [4.78, 5) is 4.21. The number of pyridine rings is 1. The van der Waals surface area contributed by atoms with Crippen molar-refractivity contribution in [1.29, 1.82) is 0 Å². The minimum Gasteiger partial charge on any atom is -0.394 e. The van der Waals surface area contributed by atoms with Crippen molar-refractivity contribution in [3.8, 4) is 0 Å². The van der Waals surface area contributed by atoms with Gasteiger partial charge in [-0.25, -0.2) is 4.98 Å². The molecule has 1 aliphatic rings. The highest BCUT2D eigenvalue weighted by molar-refractivity contribution is 9.10. The van der Waals surface area contributed by atoms with Crippen molar-refractivity contribution in [2.24, 2.45) is 0 Å². The highest BCUT2D eigenvalue weighted by Crippen LogP contribution is 2.23. The van der Waals surface area contributed by atoms with Crippen LogP contribution in [0.25, 0.3) is 0 Å². The molecule has 2 rings (SSSR count). The van der Waals surface area contributed by atoms with Crippen LogP contribution in [0.1, 0.15) is 6.42 Å². The molecule has 1 saturated heterocycles. The second-order valence-electron chi connectivity index (χ2n) is 3.73. The van der Waals surface area contributed by atoms with Crippen molar-refractivity contribution in [1.82, 2.24) is 4.98 Å². The molecule has 15 heavy (non-hydrogen) atoms. The van der Waals surface area contributed by atoms with E-state index in [1.54, 1.807) is 6.20 Å². The number of aliphatic hydroxyl groups excluding tert-OH is 1. The molecule has 0 aliphatic carbocycles. The third-order valence-corrected chi connectivity index (χ3v) is 3.00. The Morgan fingerprint density at radius 1 is 1.60 bits per heavy atom. The van der Waals surface area contributed by atoms with Gasteiger partial charge >= 0.3 is 0 Å². The summed E-state index contributed by atoms with van der Waals surface area (Å²) in [6, 6.07) is 3.79. The maximum absolute atomic E-state index is 9.35. The molecule has 0 spiro atoms. The fourth-order valence-electron chi connectivity index (χ4n) is 1.59. The van der Waals surface area contributed by atoms with E-state index in [4.69, 9.17) is 4.74 Å². The molecule has 4 nitrogen and oxygen atoms in total. The van der Waals surface area contributed by atoms with Crippen molar-refractivity contribution in [3.63, 3.8) is 0 Å². The third-order valence-electron chi connectivity index (χ3n) is 2.53. The average Bonchev–Trinajstić information content (AvgIpc) is 2.71. The van der Waals surface area contributed by atoms with Crippen LogP contribution in [-0.4, -0.2) is 35.5 Å². The molecular weight excluding hydrogens is 260 g/mol. The van der Waals surface area contributed by atoms with E-state index in [1.807, 2.05) is 12.1 Å². The van der Waals surface area contributed by atoms with Crippen molar-refractivity contribution in [2.45, 2.75) is 12.0 Å². The van der Waals surface area contributed by atoms with E-state index in [9.17, 15) is 5.11 Å². The minimum absolute atomic E-state index is 0.0603. The van der Waals surface area contributed by atoms with Gasteiger partial charge < -0.3 is 15.2 Å². The number of halogens is 1. The monoisotopic (exact) mass is 272 g/mol. The molecule has 0 radical (unpaired) electrons. The quantitative estimate of drug-likeness (QED) is 0.874. The topological polar surface area (TPSA) is 54.4 Å². The summed E-state index contributed by atoms with van der Waals surface area (Å²) in [6.07, 6.45) is 2.53. The largest absolute Gasteiger partial charge is 0.394 e. The fourth-order valence-corrected chi connectivity index (χ4v) is 1.83. The van der Waals surface area contributed by atoms with E-state index in [0.29, 0.717) is 13.2 Å². The van der Waals surface area contributed by atoms with Crippen LogP contribution in [0.3, 0.4) is 0 Å². The molecule has 1 fully saturated rings. The van der Waals surface area contributed by atoms with Crippen molar-refractivity contribution >= 4 is 21.7 Å². The zero-order valence-corrected chi connectivity index (χ0v) is 9.83. The molecule has 2 N–H and O–H groups in total. The first-order valence-corrected chi connectivity index (χ1v) is 5.62. The summed E-state index contributed by atoms with van der Waals surface area (Å²) in [5.41, 5.74) is -0.360. The predicted molar refractivity (Wildman–Crippen MR) is 60.8 cm³/mol. The van der Waals surface area contributed by atoms with Gasteiger partial charge in [0.15, 0.2) is 0 Å². The van der Waals surface area contributed by atoms with E-state index in [1.165, 1.54) is 0 Å². The number of rotatable bonds is 3. The summed E-state index contributed by atoms with van der Waals surface area (Å²) in [5, 5.41) is 12.6. The van der Waals surface area contributed by atoms with Crippen molar-refractivity contribution in [3.05, 3.63) is 22.8 Å². The van der Waals surface area contributed by atoms with Crippen LogP contribution in [0.4, 0.5) is 5.82 Å². The smallest absolute Gasteiger partial charge is 0.126 e. The Bertz CT molecular complexity index is 323. The number of nitrogens with zero attached hydrogens (tertiary/aromatic N) is 1. The summed E-state index contributed by atoms with van der Waals surface area (Å²) in [6.45, 7) is 1.27. The molecule has 1 aliphatic heterocycles. The molecule has 5 heteroatoms. The fraction of sp³-hybridized carbons (Fsp3) is 0.500. The maximum atomic E-state index is 9.35. The molecule has 0 bridgehead atoms. The van der Waals surface area contributed by atoms with Gasteiger partial charge in [-0.1, -0.05) is 0 Å². The summed E-state index contributed by atoms with van der Waals surface area (Å²) in [7, 11) is 0. The van der Waals surface area contributed by atoms with E-state index < -0.39 is 0 Å². The van der Waals surface area contributed by atoms with Gasteiger partial charge in [-0.3, -0.25) is 0 Å². The van der Waals surface area contributed by atoms with Crippen molar-refractivity contribution in [2.75, 3.05) is 25.1 Å². The normalized spacial score (nSPS) is 25.5. The van der Waals surface area contributed by atoms with Gasteiger partial charge in [0.2, 0.25) is 0 Å². The zero-order valence-electron chi connectivity index (χ0n) is 8.24. The van der Waals surface area contributed by atoms with E-state index in [2.05, 4.69) is 26.2 Å². The Labute approximate surface area is 96.8 Å². The summed E-state index contributed by atoms with van der Waals surface area (Å²) >= 11 is 3.32. The van der Waals surface area contributed by atoms with Gasteiger partial charge in [0, 0.05) is 17.3 Å². The number of hydrogen-bond acceptors (Lipinski definition) is 4. The molecule has 0 amide bonds. The van der Waals surface area contributed by atoms with Gasteiger partial charge in [0.25, 0.3) is 0 Å². The van der Waals surface area contributed by atoms with E-state index in [-0.39, 0.29) is 12.1 Å². The lowest BCUT2D eigenvalue weighted by Crippen LogP contribution is -2.42. The van der Waals surface area contributed by atoms with Crippen LogP contribution < -0.4 is 5.32 Å². The molecule has 1 atom stereocenters. The Kier molecular flexibility index (Phi) is 3.23. The van der Waals surface area contributed by atoms with Gasteiger partial charge in [-0.2, -0.15) is 0 Å². The van der Waals surface area contributed by atoms with Crippen LogP contribution in [0, 0.1) is 0 Å². The molecule has 1 aromatic heterocycles. The van der Waals surface area contributed by atoms with E-state index in [0.717, 1.165) is 16.7 Å². The lowest BCUT2D eigenvalue weighted by Gasteiger charge is -2.26. The second-order valence-corrected chi connectivity index (χ2v) is 4.64. The van der Waals surface area contributed by atoms with Gasteiger partial charge in [-0.05, 0) is 34.5 Å². The highest BCUT2D eigenvalue weighted by atomic mass is 79.9. The lowest BCUT2D eigenvalue weighted by atomic mass is 10.0. The molecule has 1 aromatic rings. The molecule has 1 unspecified atom stereocenters. The number of hydrogen-bond donors (Lipinski definition) is 2. The van der Waals surface area contributed by atoms with Crippen LogP contribution in [0.5, 0.6) is 0 Å². The molecular formula is C10H13BrN2O2. The first-order chi connectivity index (χ1) is 7.24. The third kappa shape index (κ3) is 2.48. The summed E-state index contributed by atoms with van der Waals surface area (Å²) < 4.78 is 6.23. The maximum Gasteiger partial charge on any atom is 0.126 e. The zero-order chi connectivity index (χ0) is 10.7. The van der Waals surface area contributed by atoms with Gasteiger partial charge in [0.1, 0.15) is 5.82 Å². The van der Waals surface area contributed by atoms with Crippen LogP contribution in [-0.2, 0) is 4.74 Å². The Hall–Kier alpha value is -0.650. The number of anilines is 1. The lowest BCUT2D eigenvalue weighted by molar-refractivity contribution is 0.152. The first-order valence-electron chi connectivity index (χ1n) is 4.82. The predicted octanol–water partition coefficient (Wildman–Crippen LogP) is 1.41. The minimum atomic E-state index is -0.360. The molecule has 2 heterocycles. The Balaban J connectivity index is 2.09. The van der Waals surface area contributed by atoms with Crippen LogP contribution >= 0.6 is 15.9 Å². The Morgan fingerprint density at radius 2 is 2.47 bits per heavy atom.